The van der Waals surface area contributed by atoms with Crippen LogP contribution in [0, 0.1) is 5.92 Å². The highest BCUT2D eigenvalue weighted by molar-refractivity contribution is 6.20. The van der Waals surface area contributed by atoms with E-state index in [1.54, 1.807) is 0 Å². The lowest BCUT2D eigenvalue weighted by molar-refractivity contribution is -0.150. The van der Waals surface area contributed by atoms with Crippen LogP contribution in [0.2, 0.25) is 0 Å². The molecule has 0 unspecified atom stereocenters. The van der Waals surface area contributed by atoms with Gasteiger partial charge in [-0.15, -0.1) is 11.6 Å². The molecule has 0 aromatic heterocycles. The van der Waals surface area contributed by atoms with Gasteiger partial charge >= 0.3 is 5.97 Å². The summed E-state index contributed by atoms with van der Waals surface area (Å²) in [5.74, 6) is -0.00925. The fourth-order valence-corrected chi connectivity index (χ4v) is 3.09. The molecule has 1 aromatic carbocycles. The molecule has 0 spiro atoms. The first kappa shape index (κ1) is 13.4. The van der Waals surface area contributed by atoms with Crippen LogP contribution in [0.4, 0.5) is 0 Å². The minimum absolute atomic E-state index is 0.100. The van der Waals surface area contributed by atoms with E-state index < -0.39 is 0 Å². The molecule has 3 heteroatoms. The van der Waals surface area contributed by atoms with Crippen molar-refractivity contribution in [3.63, 3.8) is 0 Å². The van der Waals surface area contributed by atoms with Gasteiger partial charge < -0.3 is 4.74 Å². The minimum atomic E-state index is -0.238. The second kappa shape index (κ2) is 6.24. The molecule has 0 heterocycles. The zero-order valence-corrected chi connectivity index (χ0v) is 11.4. The van der Waals surface area contributed by atoms with Crippen molar-refractivity contribution in [2.45, 2.75) is 44.1 Å². The third-order valence-electron chi connectivity index (χ3n) is 3.54. The first-order chi connectivity index (χ1) is 8.68. The summed E-state index contributed by atoms with van der Waals surface area (Å²) in [4.78, 5) is 11.3. The molecule has 0 N–H and O–H groups in total. The van der Waals surface area contributed by atoms with Gasteiger partial charge in [0.25, 0.3) is 0 Å². The number of carbonyl (C=O) groups is 1. The smallest absolute Gasteiger partial charge is 0.303 e. The van der Waals surface area contributed by atoms with E-state index in [4.69, 9.17) is 16.3 Å². The van der Waals surface area contributed by atoms with Crippen molar-refractivity contribution in [1.82, 2.24) is 0 Å². The van der Waals surface area contributed by atoms with Crippen LogP contribution in [-0.4, -0.2) is 11.3 Å². The number of ether oxygens (including phenoxy) is 1. The van der Waals surface area contributed by atoms with Gasteiger partial charge in [0.05, 0.1) is 0 Å². The zero-order chi connectivity index (χ0) is 13.0. The fraction of sp³-hybridized carbons (Fsp3) is 0.533. The summed E-state index contributed by atoms with van der Waals surface area (Å²) in [7, 11) is 0. The lowest BCUT2D eigenvalue weighted by Crippen LogP contribution is -2.29. The fourth-order valence-electron chi connectivity index (χ4n) is 2.68. The standard InChI is InChI=1S/C15H19ClO2/c1-11(17)18-15(12-7-3-2-4-8-12)13-9-5-6-10-14(13)16/h2-4,7-8,13-15H,5-6,9-10H2,1H3/t13-,14+,15-/m0/s1. The molecular weight excluding hydrogens is 248 g/mol. The monoisotopic (exact) mass is 266 g/mol. The average molecular weight is 267 g/mol. The number of rotatable bonds is 3. The Kier molecular flexibility index (Phi) is 4.65. The average Bonchev–Trinajstić information content (AvgIpc) is 2.38. The Balaban J connectivity index is 2.21. The van der Waals surface area contributed by atoms with Gasteiger partial charge in [-0.05, 0) is 18.4 Å². The number of esters is 1. The summed E-state index contributed by atoms with van der Waals surface area (Å²) in [6.45, 7) is 1.46. The van der Waals surface area contributed by atoms with Crippen LogP contribution in [0.3, 0.4) is 0 Å². The van der Waals surface area contributed by atoms with E-state index in [1.165, 1.54) is 19.8 Å². The van der Waals surface area contributed by atoms with E-state index in [0.717, 1.165) is 18.4 Å². The van der Waals surface area contributed by atoms with Crippen molar-refractivity contribution in [1.29, 1.82) is 0 Å². The normalized spacial score (nSPS) is 25.4. The molecule has 3 atom stereocenters. The third kappa shape index (κ3) is 3.26. The number of halogens is 1. The van der Waals surface area contributed by atoms with E-state index in [0.29, 0.717) is 0 Å². The van der Waals surface area contributed by atoms with Crippen LogP contribution >= 0.6 is 11.6 Å². The number of alkyl halides is 1. The third-order valence-corrected chi connectivity index (χ3v) is 4.08. The Morgan fingerprint density at radius 3 is 2.56 bits per heavy atom. The van der Waals surface area contributed by atoms with E-state index in [-0.39, 0.29) is 23.4 Å². The molecule has 0 radical (unpaired) electrons. The van der Waals surface area contributed by atoms with Gasteiger partial charge in [0.1, 0.15) is 6.10 Å². The van der Waals surface area contributed by atoms with Gasteiger partial charge in [-0.2, -0.15) is 0 Å². The van der Waals surface area contributed by atoms with Crippen LogP contribution in [0.15, 0.2) is 30.3 Å². The van der Waals surface area contributed by atoms with Crippen LogP contribution in [-0.2, 0) is 9.53 Å². The molecule has 0 saturated heterocycles. The summed E-state index contributed by atoms with van der Waals surface area (Å²) in [5, 5.41) is 0.100. The van der Waals surface area contributed by atoms with Crippen LogP contribution in [0.25, 0.3) is 0 Å². The lowest BCUT2D eigenvalue weighted by Gasteiger charge is -2.33. The predicted molar refractivity (Wildman–Crippen MR) is 72.5 cm³/mol. The topological polar surface area (TPSA) is 26.3 Å². The Morgan fingerprint density at radius 1 is 1.28 bits per heavy atom. The van der Waals surface area contributed by atoms with Crippen molar-refractivity contribution in [3.05, 3.63) is 35.9 Å². The lowest BCUT2D eigenvalue weighted by atomic mass is 9.82. The second-order valence-corrected chi connectivity index (χ2v) is 5.47. The minimum Gasteiger partial charge on any atom is -0.457 e. The van der Waals surface area contributed by atoms with Crippen molar-refractivity contribution in [2.24, 2.45) is 5.92 Å². The molecular formula is C15H19ClO2. The first-order valence-electron chi connectivity index (χ1n) is 6.54. The number of hydrogen-bond donors (Lipinski definition) is 0. The largest absolute Gasteiger partial charge is 0.457 e. The van der Waals surface area contributed by atoms with Crippen LogP contribution < -0.4 is 0 Å². The van der Waals surface area contributed by atoms with E-state index >= 15 is 0 Å². The van der Waals surface area contributed by atoms with Crippen molar-refractivity contribution >= 4 is 17.6 Å². The van der Waals surface area contributed by atoms with Gasteiger partial charge in [-0.25, -0.2) is 0 Å². The Bertz CT molecular complexity index is 391. The maximum absolute atomic E-state index is 11.3. The molecule has 98 valence electrons. The number of hydrogen-bond acceptors (Lipinski definition) is 2. The van der Waals surface area contributed by atoms with Crippen LogP contribution in [0.1, 0.15) is 44.3 Å². The van der Waals surface area contributed by atoms with Gasteiger partial charge in [0, 0.05) is 18.2 Å². The molecule has 0 aliphatic heterocycles. The van der Waals surface area contributed by atoms with Crippen molar-refractivity contribution < 1.29 is 9.53 Å². The highest BCUT2D eigenvalue weighted by Gasteiger charge is 2.33. The summed E-state index contributed by atoms with van der Waals surface area (Å²) >= 11 is 6.42. The van der Waals surface area contributed by atoms with E-state index in [1.807, 2.05) is 30.3 Å². The zero-order valence-electron chi connectivity index (χ0n) is 10.6. The quantitative estimate of drug-likeness (QED) is 0.608. The van der Waals surface area contributed by atoms with Crippen LogP contribution in [0.5, 0.6) is 0 Å². The maximum atomic E-state index is 11.3. The van der Waals surface area contributed by atoms with E-state index in [2.05, 4.69) is 0 Å². The summed E-state index contributed by atoms with van der Waals surface area (Å²) in [6, 6.07) is 9.92. The molecule has 1 aromatic rings. The Morgan fingerprint density at radius 2 is 1.94 bits per heavy atom. The Labute approximate surface area is 113 Å². The molecule has 18 heavy (non-hydrogen) atoms. The van der Waals surface area contributed by atoms with Crippen molar-refractivity contribution in [3.8, 4) is 0 Å². The Hall–Kier alpha value is -1.02. The SMILES string of the molecule is CC(=O)O[C@@H](c1ccccc1)[C@H]1CCCC[C@H]1Cl. The first-order valence-corrected chi connectivity index (χ1v) is 6.98. The molecule has 1 aliphatic carbocycles. The van der Waals surface area contributed by atoms with Crippen molar-refractivity contribution in [2.75, 3.05) is 0 Å². The maximum Gasteiger partial charge on any atom is 0.303 e. The summed E-state index contributed by atoms with van der Waals surface area (Å²) in [5.41, 5.74) is 1.05. The number of benzene rings is 1. The molecule has 1 fully saturated rings. The molecule has 0 amide bonds. The van der Waals surface area contributed by atoms with Gasteiger partial charge in [-0.1, -0.05) is 43.2 Å². The molecule has 1 aliphatic rings. The molecule has 1 saturated carbocycles. The molecule has 0 bridgehead atoms. The van der Waals surface area contributed by atoms with E-state index in [9.17, 15) is 4.79 Å². The summed E-state index contributed by atoms with van der Waals surface area (Å²) < 4.78 is 5.52. The summed E-state index contributed by atoms with van der Waals surface area (Å²) in [6.07, 6.45) is 4.18. The highest BCUT2D eigenvalue weighted by atomic mass is 35.5. The number of carbonyl (C=O) groups excluding carboxylic acids is 1. The van der Waals surface area contributed by atoms with Gasteiger partial charge in [-0.3, -0.25) is 4.79 Å². The molecule has 2 nitrogen and oxygen atoms in total. The van der Waals surface area contributed by atoms with Gasteiger partial charge in [0.15, 0.2) is 0 Å². The highest BCUT2D eigenvalue weighted by Crippen LogP contribution is 2.39. The predicted octanol–water partition coefficient (Wildman–Crippen LogP) is 4.09. The van der Waals surface area contributed by atoms with Gasteiger partial charge in [0.2, 0.25) is 0 Å². The molecule has 2 rings (SSSR count). The second-order valence-electron chi connectivity index (χ2n) is 4.91.